The number of pyridine rings is 1. The van der Waals surface area contributed by atoms with Crippen molar-refractivity contribution in [1.82, 2.24) is 10.1 Å². The second kappa shape index (κ2) is 13.8. The van der Waals surface area contributed by atoms with Crippen LogP contribution >= 0.6 is 0 Å². The summed E-state index contributed by atoms with van der Waals surface area (Å²) in [5.74, 6) is -2.75. The summed E-state index contributed by atoms with van der Waals surface area (Å²) in [6, 6.07) is 8.05. The maximum absolute atomic E-state index is 13.2. The third kappa shape index (κ3) is 9.56. The highest BCUT2D eigenvalue weighted by atomic mass is 32.2. The first-order chi connectivity index (χ1) is 21.1. The number of fused-ring (bicyclic) bond motifs is 1. The molecule has 0 saturated carbocycles. The van der Waals surface area contributed by atoms with Crippen LogP contribution in [0.3, 0.4) is 0 Å². The van der Waals surface area contributed by atoms with Gasteiger partial charge in [-0.05, 0) is 30.7 Å². The maximum Gasteiger partial charge on any atom is 0.430 e. The quantitative estimate of drug-likeness (QED) is 0.304. The number of carbonyl (C=O) groups excluding carboxylic acids is 1. The number of aliphatic hydroxyl groups is 1. The number of benzene rings is 1. The molecule has 11 nitrogen and oxygen atoms in total. The van der Waals surface area contributed by atoms with E-state index in [-0.39, 0.29) is 28.2 Å². The van der Waals surface area contributed by atoms with Gasteiger partial charge in [-0.25, -0.2) is 13.4 Å². The molecule has 3 aromatic rings. The number of aromatic nitrogens is 2. The van der Waals surface area contributed by atoms with Gasteiger partial charge in [-0.15, -0.1) is 0 Å². The summed E-state index contributed by atoms with van der Waals surface area (Å²) in [4.78, 5) is 14.0. The Morgan fingerprint density at radius 2 is 1.78 bits per heavy atom. The molecule has 0 radical (unpaired) electrons. The number of aliphatic carboxylic acids is 1. The van der Waals surface area contributed by atoms with Crippen LogP contribution in [0.5, 0.6) is 5.88 Å². The normalized spacial score (nSPS) is 16.1. The molecule has 4 rings (SSSR count). The molecule has 0 amide bonds. The van der Waals surface area contributed by atoms with Gasteiger partial charge in [-0.3, -0.25) is 4.72 Å². The highest BCUT2D eigenvalue weighted by molar-refractivity contribution is 7.92. The fourth-order valence-corrected chi connectivity index (χ4v) is 5.69. The van der Waals surface area contributed by atoms with Crippen molar-refractivity contribution >= 4 is 21.8 Å². The van der Waals surface area contributed by atoms with Gasteiger partial charge in [-0.1, -0.05) is 32.0 Å². The molecular formula is C28H32F6N4O7S. The molecule has 3 N–H and O–H groups in total. The molecule has 2 aromatic heterocycles. The summed E-state index contributed by atoms with van der Waals surface area (Å²) >= 11 is 0. The molecule has 254 valence electrons. The molecule has 18 heteroatoms. The molecule has 1 unspecified atom stereocenters. The zero-order valence-electron chi connectivity index (χ0n) is 25.0. The number of anilines is 1. The first-order valence-electron chi connectivity index (χ1n) is 13.6. The predicted octanol–water partition coefficient (Wildman–Crippen LogP) is 2.60. The van der Waals surface area contributed by atoms with Crippen molar-refractivity contribution in [2.24, 2.45) is 0 Å². The molecule has 1 aliphatic heterocycles. The second-order valence-electron chi connectivity index (χ2n) is 11.5. The van der Waals surface area contributed by atoms with E-state index >= 15 is 0 Å². The molecular weight excluding hydrogens is 650 g/mol. The molecule has 3 heterocycles. The molecule has 0 spiro atoms. The Morgan fingerprint density at radius 1 is 1.13 bits per heavy atom. The number of carboxylic acid groups (broad SMARTS) is 1. The van der Waals surface area contributed by atoms with E-state index in [0.29, 0.717) is 12.3 Å². The summed E-state index contributed by atoms with van der Waals surface area (Å²) in [6.45, 7) is 7.10. The Labute approximate surface area is 260 Å². The molecule has 46 heavy (non-hydrogen) atoms. The lowest BCUT2D eigenvalue weighted by molar-refractivity contribution is -0.945. The number of nitrogens with one attached hydrogen (secondary N) is 2. The van der Waals surface area contributed by atoms with Gasteiger partial charge in [0.15, 0.2) is 12.4 Å². The SMILES string of the molecule is C[C@H](c1ccc(OCC(F)(F)F)nc1)[NH+]1CCc2ccc(S(=O)(=O)Nc3noc(C(C)(C)C)c3CO)cc2C1.O=C([O-])C(F)(F)F. The fraction of sp³-hybridized carbons (Fsp3) is 0.464. The number of carboxylic acids is 1. The van der Waals surface area contributed by atoms with E-state index in [1.54, 1.807) is 24.3 Å². The Bertz CT molecular complexity index is 1620. The van der Waals surface area contributed by atoms with Gasteiger partial charge in [0.05, 0.1) is 23.6 Å². The van der Waals surface area contributed by atoms with Crippen LogP contribution in [-0.4, -0.2) is 55.1 Å². The Morgan fingerprint density at radius 3 is 2.30 bits per heavy atom. The van der Waals surface area contributed by atoms with Gasteiger partial charge >= 0.3 is 12.4 Å². The van der Waals surface area contributed by atoms with Crippen molar-refractivity contribution in [2.45, 2.75) is 76.0 Å². The largest absolute Gasteiger partial charge is 0.542 e. The van der Waals surface area contributed by atoms with E-state index in [0.717, 1.165) is 34.6 Å². The maximum atomic E-state index is 13.2. The van der Waals surface area contributed by atoms with E-state index in [4.69, 9.17) is 14.4 Å². The highest BCUT2D eigenvalue weighted by Gasteiger charge is 2.32. The van der Waals surface area contributed by atoms with Gasteiger partial charge in [0.25, 0.3) is 10.0 Å². The lowest BCUT2D eigenvalue weighted by Gasteiger charge is -2.31. The van der Waals surface area contributed by atoms with Crippen LogP contribution < -0.4 is 19.5 Å². The van der Waals surface area contributed by atoms with Crippen LogP contribution in [0.2, 0.25) is 0 Å². The smallest absolute Gasteiger partial charge is 0.430 e. The Kier molecular flexibility index (Phi) is 11.0. The number of alkyl halides is 6. The van der Waals surface area contributed by atoms with Crippen LogP contribution in [0.1, 0.15) is 61.8 Å². The molecule has 0 bridgehead atoms. The number of hydrogen-bond acceptors (Lipinski definition) is 9. The number of ether oxygens (including phenoxy) is 1. The third-order valence-electron chi connectivity index (χ3n) is 6.97. The average molecular weight is 683 g/mol. The van der Waals surface area contributed by atoms with Crippen molar-refractivity contribution in [3.05, 3.63) is 64.5 Å². The number of carbonyl (C=O) groups is 1. The van der Waals surface area contributed by atoms with Crippen molar-refractivity contribution in [1.29, 1.82) is 0 Å². The first-order valence-corrected chi connectivity index (χ1v) is 15.1. The van der Waals surface area contributed by atoms with E-state index in [1.165, 1.54) is 12.3 Å². The van der Waals surface area contributed by atoms with Gasteiger partial charge < -0.3 is 29.2 Å². The second-order valence-corrected chi connectivity index (χ2v) is 13.1. The van der Waals surface area contributed by atoms with Gasteiger partial charge in [0, 0.05) is 35.2 Å². The van der Waals surface area contributed by atoms with Crippen LogP contribution in [-0.2, 0) is 39.8 Å². The van der Waals surface area contributed by atoms with Crippen molar-refractivity contribution < 1.29 is 63.9 Å². The summed E-state index contributed by atoms with van der Waals surface area (Å²) in [7, 11) is -4.02. The molecule has 1 aliphatic rings. The molecule has 2 atom stereocenters. The van der Waals surface area contributed by atoms with Gasteiger partial charge in [0.2, 0.25) is 5.88 Å². The summed E-state index contributed by atoms with van der Waals surface area (Å²) in [5.41, 5.74) is 2.57. The van der Waals surface area contributed by atoms with Crippen LogP contribution in [0.15, 0.2) is 45.9 Å². The minimum atomic E-state index is -5.19. The lowest BCUT2D eigenvalue weighted by Crippen LogP contribution is -3.11. The van der Waals surface area contributed by atoms with Gasteiger partial charge in [0.1, 0.15) is 24.3 Å². The van der Waals surface area contributed by atoms with E-state index in [9.17, 15) is 39.9 Å². The fourth-order valence-electron chi connectivity index (χ4n) is 4.61. The first kappa shape index (κ1) is 36.6. The standard InChI is InChI=1S/C26H31F3N4O5S.C2HF3O2/c1-16(18-6-8-22(30-12-18)37-15-26(27,28)29)33-10-9-17-5-7-20(11-19(17)13-33)39(35,36)32-24-21(14-34)23(38-31-24)25(2,3)4;3-2(4,5)1(6)7/h5-8,11-12,16,34H,9-10,13-15H2,1-4H3,(H,31,32);(H,6,7)/t16-;/m1./s1. The summed E-state index contributed by atoms with van der Waals surface area (Å²) < 4.78 is 108. The predicted molar refractivity (Wildman–Crippen MR) is 147 cm³/mol. The van der Waals surface area contributed by atoms with Gasteiger partial charge in [-0.2, -0.15) is 26.3 Å². The van der Waals surface area contributed by atoms with Crippen molar-refractivity contribution in [3.8, 4) is 5.88 Å². The number of nitrogens with zero attached hydrogens (tertiary/aromatic N) is 2. The van der Waals surface area contributed by atoms with Crippen molar-refractivity contribution in [2.75, 3.05) is 17.9 Å². The zero-order valence-corrected chi connectivity index (χ0v) is 25.9. The summed E-state index contributed by atoms with van der Waals surface area (Å²) in [5, 5.41) is 22.5. The van der Waals surface area contributed by atoms with Crippen LogP contribution in [0, 0.1) is 0 Å². The number of aliphatic hydroxyl groups excluding tert-OH is 1. The topological polar surface area (TPSA) is 159 Å². The number of hydrogen-bond donors (Lipinski definition) is 3. The van der Waals surface area contributed by atoms with Crippen LogP contribution in [0.4, 0.5) is 32.2 Å². The number of halogens is 6. The number of rotatable bonds is 8. The zero-order chi connectivity index (χ0) is 34.7. The van der Waals surface area contributed by atoms with E-state index in [1.807, 2.05) is 27.7 Å². The summed E-state index contributed by atoms with van der Waals surface area (Å²) in [6.07, 6.45) is -7.39. The lowest BCUT2D eigenvalue weighted by atomic mass is 9.90. The van der Waals surface area contributed by atoms with Crippen LogP contribution in [0.25, 0.3) is 0 Å². The molecule has 0 saturated heterocycles. The van der Waals surface area contributed by atoms with E-state index < -0.39 is 47.0 Å². The third-order valence-corrected chi connectivity index (χ3v) is 8.30. The van der Waals surface area contributed by atoms with Crippen molar-refractivity contribution in [3.63, 3.8) is 0 Å². The Hall–Kier alpha value is -3.90. The minimum absolute atomic E-state index is 0.0428. The highest BCUT2D eigenvalue weighted by Crippen LogP contribution is 2.32. The molecule has 0 fully saturated rings. The average Bonchev–Trinajstić information content (AvgIpc) is 3.37. The molecule has 1 aromatic carbocycles. The minimum Gasteiger partial charge on any atom is -0.542 e. The Balaban J connectivity index is 0.000000738. The number of quaternary nitrogens is 1. The van der Waals surface area contributed by atoms with E-state index in [2.05, 4.69) is 19.6 Å². The molecule has 0 aliphatic carbocycles. The number of sulfonamides is 1. The monoisotopic (exact) mass is 682 g/mol.